The van der Waals surface area contributed by atoms with Crippen LogP contribution >= 0.6 is 11.3 Å². The maximum Gasteiger partial charge on any atom is 0.307 e. The van der Waals surface area contributed by atoms with E-state index in [0.29, 0.717) is 29.8 Å². The fourth-order valence-electron chi connectivity index (χ4n) is 4.07. The molecule has 0 radical (unpaired) electrons. The van der Waals surface area contributed by atoms with E-state index >= 15 is 0 Å². The molecule has 0 saturated heterocycles. The minimum atomic E-state index is -0.987. The number of hydrogen-bond acceptors (Lipinski definition) is 4. The molecule has 4 rings (SSSR count). The quantitative estimate of drug-likeness (QED) is 0.689. The molecule has 7 heteroatoms. The first-order valence-electron chi connectivity index (χ1n) is 9.19. The van der Waals surface area contributed by atoms with Crippen molar-refractivity contribution in [3.63, 3.8) is 0 Å². The number of anilines is 1. The lowest BCUT2D eigenvalue weighted by Gasteiger charge is -2.24. The Hall–Kier alpha value is -2.93. The van der Waals surface area contributed by atoms with Crippen molar-refractivity contribution in [2.24, 2.45) is 17.6 Å². The molecule has 0 saturated carbocycles. The van der Waals surface area contributed by atoms with Gasteiger partial charge in [0.2, 0.25) is 5.91 Å². The summed E-state index contributed by atoms with van der Waals surface area (Å²) in [7, 11) is 0. The third-order valence-corrected chi connectivity index (χ3v) is 6.66. The Bertz CT molecular complexity index is 1010. The van der Waals surface area contributed by atoms with E-state index in [1.807, 2.05) is 24.3 Å². The SMILES string of the molecule is NC(=O)c1c(NC(=O)[C@H]2CC=CC[C@@H]2C(=O)O)sc2c1CCc1ccccc1-2. The van der Waals surface area contributed by atoms with Crippen LogP contribution < -0.4 is 11.1 Å². The van der Waals surface area contributed by atoms with Crippen molar-refractivity contribution >= 4 is 34.1 Å². The molecule has 1 aromatic carbocycles. The van der Waals surface area contributed by atoms with Gasteiger partial charge in [0.25, 0.3) is 5.91 Å². The molecule has 0 unspecified atom stereocenters. The highest BCUT2D eigenvalue weighted by molar-refractivity contribution is 7.20. The lowest BCUT2D eigenvalue weighted by atomic mass is 9.82. The Morgan fingerprint density at radius 2 is 1.79 bits per heavy atom. The fourth-order valence-corrected chi connectivity index (χ4v) is 5.39. The predicted octanol–water partition coefficient (Wildman–Crippen LogP) is 3.22. The zero-order valence-electron chi connectivity index (χ0n) is 15.1. The van der Waals surface area contributed by atoms with Gasteiger partial charge in [-0.25, -0.2) is 0 Å². The van der Waals surface area contributed by atoms with Gasteiger partial charge in [-0.05, 0) is 42.4 Å². The lowest BCUT2D eigenvalue weighted by Crippen LogP contribution is -2.35. The fraction of sp³-hybridized carbons (Fsp3) is 0.286. The number of fused-ring (bicyclic) bond motifs is 3. The van der Waals surface area contributed by atoms with Crippen molar-refractivity contribution in [2.45, 2.75) is 25.7 Å². The highest BCUT2D eigenvalue weighted by Gasteiger charge is 2.35. The first-order chi connectivity index (χ1) is 13.5. The van der Waals surface area contributed by atoms with Crippen LogP contribution in [0, 0.1) is 11.8 Å². The van der Waals surface area contributed by atoms with Gasteiger partial charge >= 0.3 is 5.97 Å². The third kappa shape index (κ3) is 3.11. The highest BCUT2D eigenvalue weighted by Crippen LogP contribution is 2.45. The molecule has 28 heavy (non-hydrogen) atoms. The molecule has 0 bridgehead atoms. The van der Waals surface area contributed by atoms with Crippen LogP contribution in [0.25, 0.3) is 10.4 Å². The molecular formula is C21H20N2O4S. The predicted molar refractivity (Wildman–Crippen MR) is 107 cm³/mol. The van der Waals surface area contributed by atoms with Crippen LogP contribution in [0.3, 0.4) is 0 Å². The average Bonchev–Trinajstić information content (AvgIpc) is 3.06. The summed E-state index contributed by atoms with van der Waals surface area (Å²) < 4.78 is 0. The standard InChI is InChI=1S/C21H20N2O4S/c22-18(24)16-15-10-9-11-5-1-2-6-12(11)17(15)28-20(16)23-19(25)13-7-3-4-8-14(13)21(26)27/h1-6,13-14H,7-10H2,(H2,22,24)(H,23,25)(H,26,27)/t13-,14-/m0/s1. The topological polar surface area (TPSA) is 109 Å². The number of nitrogens with one attached hydrogen (secondary N) is 1. The second-order valence-electron chi connectivity index (χ2n) is 7.12. The Balaban J connectivity index is 1.70. The van der Waals surface area contributed by atoms with E-state index in [1.165, 1.54) is 16.9 Å². The maximum atomic E-state index is 12.9. The van der Waals surface area contributed by atoms with Crippen LogP contribution in [0.15, 0.2) is 36.4 Å². The largest absolute Gasteiger partial charge is 0.481 e. The molecule has 0 spiro atoms. The molecule has 2 atom stereocenters. The van der Waals surface area contributed by atoms with E-state index in [-0.39, 0.29) is 5.91 Å². The second kappa shape index (κ2) is 7.24. The Labute approximate surface area is 166 Å². The molecule has 1 aromatic heterocycles. The zero-order chi connectivity index (χ0) is 19.8. The highest BCUT2D eigenvalue weighted by atomic mass is 32.1. The molecule has 2 aliphatic rings. The normalized spacial score (nSPS) is 20.1. The van der Waals surface area contributed by atoms with Crippen molar-refractivity contribution in [3.8, 4) is 10.4 Å². The van der Waals surface area contributed by atoms with Gasteiger partial charge < -0.3 is 16.2 Å². The number of benzene rings is 1. The van der Waals surface area contributed by atoms with Crippen LogP contribution in [0.5, 0.6) is 0 Å². The summed E-state index contributed by atoms with van der Waals surface area (Å²) in [6.07, 6.45) is 5.79. The summed E-state index contributed by atoms with van der Waals surface area (Å²) in [6, 6.07) is 8.00. The number of carboxylic acids is 1. The first kappa shape index (κ1) is 18.4. The number of rotatable bonds is 4. The number of carbonyl (C=O) groups excluding carboxylic acids is 2. The van der Waals surface area contributed by atoms with Gasteiger partial charge in [0.05, 0.1) is 17.4 Å². The minimum absolute atomic E-state index is 0.324. The summed E-state index contributed by atoms with van der Waals surface area (Å²) in [5, 5.41) is 12.7. The van der Waals surface area contributed by atoms with E-state index in [2.05, 4.69) is 11.4 Å². The van der Waals surface area contributed by atoms with E-state index < -0.39 is 23.7 Å². The number of nitrogens with two attached hydrogens (primary N) is 1. The van der Waals surface area contributed by atoms with Crippen LogP contribution in [-0.2, 0) is 22.4 Å². The summed E-state index contributed by atoms with van der Waals surface area (Å²) in [6.45, 7) is 0. The van der Waals surface area contributed by atoms with Gasteiger partial charge in [-0.2, -0.15) is 0 Å². The summed E-state index contributed by atoms with van der Waals surface area (Å²) in [5.41, 5.74) is 9.12. The molecule has 2 aliphatic carbocycles. The van der Waals surface area contributed by atoms with E-state index in [4.69, 9.17) is 5.73 Å². The van der Waals surface area contributed by atoms with Gasteiger partial charge in [-0.15, -0.1) is 11.3 Å². The number of aryl methyl sites for hydroxylation is 1. The summed E-state index contributed by atoms with van der Waals surface area (Å²) >= 11 is 1.34. The molecule has 2 aromatic rings. The summed E-state index contributed by atoms with van der Waals surface area (Å²) in [5.74, 6) is -3.39. The number of primary amides is 1. The number of aliphatic carboxylic acids is 1. The molecule has 6 nitrogen and oxygen atoms in total. The number of hydrogen-bond donors (Lipinski definition) is 3. The molecule has 1 heterocycles. The van der Waals surface area contributed by atoms with Crippen LogP contribution in [0.2, 0.25) is 0 Å². The van der Waals surface area contributed by atoms with Crippen molar-refractivity contribution in [3.05, 3.63) is 53.1 Å². The zero-order valence-corrected chi connectivity index (χ0v) is 15.9. The van der Waals surface area contributed by atoms with Crippen molar-refractivity contribution in [1.29, 1.82) is 0 Å². The number of carbonyl (C=O) groups is 3. The molecule has 0 fully saturated rings. The molecule has 2 amide bonds. The Kier molecular flexibility index (Phi) is 4.77. The van der Waals surface area contributed by atoms with Crippen molar-refractivity contribution in [2.75, 3.05) is 5.32 Å². The van der Waals surface area contributed by atoms with E-state index in [9.17, 15) is 19.5 Å². The van der Waals surface area contributed by atoms with Crippen LogP contribution in [0.4, 0.5) is 5.00 Å². The molecule has 144 valence electrons. The maximum absolute atomic E-state index is 12.9. The van der Waals surface area contributed by atoms with Crippen molar-refractivity contribution < 1.29 is 19.5 Å². The average molecular weight is 396 g/mol. The second-order valence-corrected chi connectivity index (χ2v) is 8.14. The molecular weight excluding hydrogens is 376 g/mol. The number of amides is 2. The Morgan fingerprint density at radius 1 is 1.07 bits per heavy atom. The van der Waals surface area contributed by atoms with Crippen LogP contribution in [0.1, 0.15) is 34.3 Å². The molecule has 0 aliphatic heterocycles. The van der Waals surface area contributed by atoms with Gasteiger partial charge in [-0.3, -0.25) is 14.4 Å². The van der Waals surface area contributed by atoms with E-state index in [1.54, 1.807) is 6.08 Å². The third-order valence-electron chi connectivity index (χ3n) is 5.48. The molecule has 4 N–H and O–H groups in total. The summed E-state index contributed by atoms with van der Waals surface area (Å²) in [4.78, 5) is 37.5. The number of carboxylic acid groups (broad SMARTS) is 1. The monoisotopic (exact) mass is 396 g/mol. The number of allylic oxidation sites excluding steroid dienone is 2. The lowest BCUT2D eigenvalue weighted by molar-refractivity contribution is -0.146. The first-order valence-corrected chi connectivity index (χ1v) is 10.0. The van der Waals surface area contributed by atoms with Gasteiger partial charge in [0.1, 0.15) is 5.00 Å². The van der Waals surface area contributed by atoms with Gasteiger partial charge in [0, 0.05) is 4.88 Å². The van der Waals surface area contributed by atoms with E-state index in [0.717, 1.165) is 22.4 Å². The Morgan fingerprint density at radius 3 is 2.50 bits per heavy atom. The van der Waals surface area contributed by atoms with Crippen molar-refractivity contribution in [1.82, 2.24) is 0 Å². The number of thiophene rings is 1. The van der Waals surface area contributed by atoms with Gasteiger partial charge in [-0.1, -0.05) is 36.4 Å². The van der Waals surface area contributed by atoms with Crippen LogP contribution in [-0.4, -0.2) is 22.9 Å². The smallest absolute Gasteiger partial charge is 0.307 e. The van der Waals surface area contributed by atoms with Gasteiger partial charge in [0.15, 0.2) is 0 Å². The minimum Gasteiger partial charge on any atom is -0.481 e.